The third kappa shape index (κ3) is 4.48. The molecule has 1 aromatic carbocycles. The molecule has 1 aromatic rings. The van der Waals surface area contributed by atoms with Crippen LogP contribution in [0.25, 0.3) is 0 Å². The Kier molecular flexibility index (Phi) is 6.16. The maximum absolute atomic E-state index is 12.9. The van der Waals surface area contributed by atoms with Gasteiger partial charge in [0.2, 0.25) is 6.93 Å². The van der Waals surface area contributed by atoms with Gasteiger partial charge in [-0.25, -0.2) is 18.2 Å². The number of alkyl halides is 2. The summed E-state index contributed by atoms with van der Waals surface area (Å²) in [6.07, 6.45) is 0. The van der Waals surface area contributed by atoms with Gasteiger partial charge in [-0.1, -0.05) is 6.07 Å². The first-order valence-corrected chi connectivity index (χ1v) is 3.76. The van der Waals surface area contributed by atoms with E-state index in [0.717, 1.165) is 5.56 Å². The molecule has 14 heavy (non-hydrogen) atoms. The average molecular weight is 201 g/mol. The van der Waals surface area contributed by atoms with Crippen LogP contribution in [0.4, 0.5) is 18.9 Å². The molecule has 0 aliphatic rings. The molecular weight excluding hydrogens is 191 g/mol. The summed E-state index contributed by atoms with van der Waals surface area (Å²) in [5.74, 6) is 1.95. The van der Waals surface area contributed by atoms with Gasteiger partial charge < -0.3 is 0 Å². The number of halogens is 3. The number of hydrogen-bond donors (Lipinski definition) is 0. The fourth-order valence-corrected chi connectivity index (χ4v) is 0.788. The summed E-state index contributed by atoms with van der Waals surface area (Å²) < 4.78 is 32.1. The molecule has 1 nitrogen and oxygen atoms in total. The highest BCUT2D eigenvalue weighted by atomic mass is 19.3. The van der Waals surface area contributed by atoms with Crippen molar-refractivity contribution in [2.75, 3.05) is 6.93 Å². The van der Waals surface area contributed by atoms with E-state index in [2.05, 4.69) is 17.4 Å². The van der Waals surface area contributed by atoms with Crippen LogP contribution in [-0.2, 0) is 0 Å². The Morgan fingerprint density at radius 3 is 2.43 bits per heavy atom. The van der Waals surface area contributed by atoms with E-state index in [4.69, 9.17) is 0 Å². The molecule has 0 radical (unpaired) electrons. The van der Waals surface area contributed by atoms with E-state index >= 15 is 0 Å². The molecule has 0 N–H and O–H groups in total. The molecule has 0 fully saturated rings. The van der Waals surface area contributed by atoms with E-state index in [9.17, 15) is 13.2 Å². The predicted molar refractivity (Wildman–Crippen MR) is 50.9 cm³/mol. The van der Waals surface area contributed by atoms with Gasteiger partial charge in [-0.3, -0.25) is 0 Å². The lowest BCUT2D eigenvalue weighted by atomic mass is 10.2. The summed E-state index contributed by atoms with van der Waals surface area (Å²) >= 11 is 0. The van der Waals surface area contributed by atoms with Gasteiger partial charge >= 0.3 is 0 Å². The Hall–Kier alpha value is -1.54. The number of aliphatic imine (C=N–C) groups is 1. The Morgan fingerprint density at radius 1 is 1.43 bits per heavy atom. The fraction of sp³-hybridized carbons (Fsp3) is 0.200. The number of benzene rings is 1. The first-order chi connectivity index (χ1) is 6.65. The number of aryl methyl sites for hydroxylation is 1. The van der Waals surface area contributed by atoms with Crippen molar-refractivity contribution in [1.82, 2.24) is 0 Å². The normalized spacial score (nSPS) is 8.29. The van der Waals surface area contributed by atoms with Gasteiger partial charge in [0.15, 0.2) is 0 Å². The molecule has 76 valence electrons. The first-order valence-electron chi connectivity index (χ1n) is 3.76. The second-order valence-electron chi connectivity index (χ2n) is 2.33. The molecule has 0 saturated heterocycles. The van der Waals surface area contributed by atoms with E-state index in [-0.39, 0.29) is 11.5 Å². The SMILES string of the molecule is C=C=Nc1ccc(C)cc1F.FCF. The van der Waals surface area contributed by atoms with Crippen LogP contribution in [-0.4, -0.2) is 12.8 Å². The summed E-state index contributed by atoms with van der Waals surface area (Å²) in [4.78, 5) is 3.61. The number of nitrogens with zero attached hydrogens (tertiary/aromatic N) is 1. The minimum absolute atomic E-state index is 0.283. The Morgan fingerprint density at radius 2 is 2.00 bits per heavy atom. The third-order valence-corrected chi connectivity index (χ3v) is 1.30. The smallest absolute Gasteiger partial charge is 0.214 e. The monoisotopic (exact) mass is 201 g/mol. The van der Waals surface area contributed by atoms with Crippen LogP contribution >= 0.6 is 0 Å². The van der Waals surface area contributed by atoms with Gasteiger partial charge in [0, 0.05) is 0 Å². The fourth-order valence-electron chi connectivity index (χ4n) is 0.788. The van der Waals surface area contributed by atoms with E-state index in [1.807, 2.05) is 6.92 Å². The lowest BCUT2D eigenvalue weighted by Gasteiger charge is -1.94. The van der Waals surface area contributed by atoms with Crippen molar-refractivity contribution in [3.05, 3.63) is 36.2 Å². The first kappa shape index (κ1) is 12.5. The number of rotatable bonds is 1. The van der Waals surface area contributed by atoms with Crippen molar-refractivity contribution in [3.8, 4) is 0 Å². The summed E-state index contributed by atoms with van der Waals surface area (Å²) in [7, 11) is 0. The number of hydrogen-bond acceptors (Lipinski definition) is 1. The Labute approximate surface area is 80.6 Å². The van der Waals surface area contributed by atoms with Crippen LogP contribution in [0.3, 0.4) is 0 Å². The van der Waals surface area contributed by atoms with Gasteiger partial charge in [-0.05, 0) is 37.1 Å². The molecule has 0 unspecified atom stereocenters. The summed E-state index contributed by atoms with van der Waals surface area (Å²) in [6, 6.07) is 4.82. The molecule has 0 amide bonds. The van der Waals surface area contributed by atoms with E-state index in [0.29, 0.717) is 0 Å². The van der Waals surface area contributed by atoms with Gasteiger partial charge in [-0.2, -0.15) is 0 Å². The zero-order chi connectivity index (χ0) is 11.0. The molecule has 1 rings (SSSR count). The zero-order valence-corrected chi connectivity index (χ0v) is 7.73. The molecule has 0 saturated carbocycles. The molecule has 0 bridgehead atoms. The molecule has 4 heteroatoms. The molecule has 0 heterocycles. The maximum atomic E-state index is 12.9. The Bertz CT molecular complexity index is 330. The van der Waals surface area contributed by atoms with E-state index in [1.165, 1.54) is 6.07 Å². The van der Waals surface area contributed by atoms with Crippen molar-refractivity contribution in [2.24, 2.45) is 4.99 Å². The molecular formula is C10H10F3N. The second-order valence-corrected chi connectivity index (χ2v) is 2.33. The van der Waals surface area contributed by atoms with Gasteiger partial charge in [0.05, 0.1) is 0 Å². The lowest BCUT2D eigenvalue weighted by molar-refractivity contribution is 0.295. The highest BCUT2D eigenvalue weighted by Gasteiger charge is 1.97. The molecule has 0 spiro atoms. The van der Waals surface area contributed by atoms with Crippen LogP contribution in [0.15, 0.2) is 29.8 Å². The lowest BCUT2D eigenvalue weighted by Crippen LogP contribution is -1.77. The molecule has 0 aliphatic heterocycles. The van der Waals surface area contributed by atoms with E-state index in [1.54, 1.807) is 12.1 Å². The standard InChI is InChI=1S/C9H8FN.CH2F2/c1-3-11-9-5-4-7(2)6-8(9)10;2-1-3/h4-6H,1H2,2H3;1H2. The zero-order valence-electron chi connectivity index (χ0n) is 7.73. The van der Waals surface area contributed by atoms with Crippen LogP contribution in [0, 0.1) is 12.7 Å². The minimum Gasteiger partial charge on any atom is -0.214 e. The Balaban J connectivity index is 0.000000500. The van der Waals surface area contributed by atoms with Crippen molar-refractivity contribution in [3.63, 3.8) is 0 Å². The van der Waals surface area contributed by atoms with Crippen LogP contribution in [0.1, 0.15) is 5.56 Å². The van der Waals surface area contributed by atoms with Crippen LogP contribution in [0.5, 0.6) is 0 Å². The second kappa shape index (κ2) is 6.92. The van der Waals surface area contributed by atoms with Gasteiger partial charge in [-0.15, -0.1) is 0 Å². The van der Waals surface area contributed by atoms with Crippen molar-refractivity contribution in [2.45, 2.75) is 6.92 Å². The quantitative estimate of drug-likeness (QED) is 0.616. The van der Waals surface area contributed by atoms with Crippen molar-refractivity contribution >= 4 is 11.6 Å². The van der Waals surface area contributed by atoms with E-state index < -0.39 is 6.93 Å². The largest absolute Gasteiger partial charge is 0.229 e. The predicted octanol–water partition coefficient (Wildman–Crippen LogP) is 3.50. The maximum Gasteiger partial charge on any atom is 0.229 e. The molecule has 0 aliphatic carbocycles. The van der Waals surface area contributed by atoms with Crippen molar-refractivity contribution < 1.29 is 13.2 Å². The van der Waals surface area contributed by atoms with Crippen LogP contribution < -0.4 is 0 Å². The van der Waals surface area contributed by atoms with Crippen LogP contribution in [0.2, 0.25) is 0 Å². The topological polar surface area (TPSA) is 12.4 Å². The summed E-state index contributed by atoms with van der Waals surface area (Å²) in [5, 5.41) is 0. The van der Waals surface area contributed by atoms with Crippen molar-refractivity contribution in [1.29, 1.82) is 0 Å². The summed E-state index contributed by atoms with van der Waals surface area (Å²) in [6.45, 7) is 3.34. The van der Waals surface area contributed by atoms with Gasteiger partial charge in [0.1, 0.15) is 11.5 Å². The van der Waals surface area contributed by atoms with Gasteiger partial charge in [0.25, 0.3) is 0 Å². The molecule has 0 atom stereocenters. The third-order valence-electron chi connectivity index (χ3n) is 1.30. The molecule has 0 aromatic heterocycles. The highest BCUT2D eigenvalue weighted by Crippen LogP contribution is 2.17. The average Bonchev–Trinajstić information content (AvgIpc) is 2.11. The minimum atomic E-state index is -1.75. The highest BCUT2D eigenvalue weighted by molar-refractivity contribution is 5.56. The summed E-state index contributed by atoms with van der Waals surface area (Å²) in [5.41, 5.74) is 1.16.